The van der Waals surface area contributed by atoms with Crippen LogP contribution in [0.15, 0.2) is 117 Å². The third-order valence-corrected chi connectivity index (χ3v) is 10.9. The summed E-state index contributed by atoms with van der Waals surface area (Å²) in [6.07, 6.45) is 0.472. The normalized spacial score (nSPS) is 15.4. The zero-order valence-corrected chi connectivity index (χ0v) is 36.2. The molecule has 16 heteroatoms. The highest BCUT2D eigenvalue weighted by atomic mass is 32.2. The van der Waals surface area contributed by atoms with Crippen molar-refractivity contribution in [3.8, 4) is 17.1 Å². The molecule has 0 radical (unpaired) electrons. The lowest BCUT2D eigenvalue weighted by atomic mass is 10.1. The van der Waals surface area contributed by atoms with Gasteiger partial charge in [-0.2, -0.15) is 0 Å². The van der Waals surface area contributed by atoms with E-state index < -0.39 is 6.10 Å². The number of nitrogens with one attached hydrogen (secondary N) is 4. The summed E-state index contributed by atoms with van der Waals surface area (Å²) in [5.74, 6) is 5.39. The third-order valence-electron chi connectivity index (χ3n) is 9.48. The van der Waals surface area contributed by atoms with Crippen LogP contribution in [0.2, 0.25) is 0 Å². The van der Waals surface area contributed by atoms with E-state index in [-0.39, 0.29) is 0 Å². The van der Waals surface area contributed by atoms with E-state index in [9.17, 15) is 5.11 Å². The minimum Gasteiger partial charge on any atom is -0.497 e. The molecule has 3 aromatic heterocycles. The van der Waals surface area contributed by atoms with Gasteiger partial charge in [-0.25, -0.2) is 15.0 Å². The van der Waals surface area contributed by atoms with Crippen molar-refractivity contribution in [2.24, 2.45) is 20.9 Å². The van der Waals surface area contributed by atoms with Crippen molar-refractivity contribution in [3.63, 3.8) is 0 Å². The highest BCUT2D eigenvalue weighted by Crippen LogP contribution is 2.26. The maximum atomic E-state index is 10.5. The molecule has 5 aromatic rings. The highest BCUT2D eigenvalue weighted by Gasteiger charge is 2.15. The molecule has 0 aliphatic carbocycles. The van der Waals surface area contributed by atoms with E-state index in [0.29, 0.717) is 24.0 Å². The number of aliphatic hydroxyl groups excluding tert-OH is 1. The molecule has 0 amide bonds. The molecule has 2 atom stereocenters. The van der Waals surface area contributed by atoms with Gasteiger partial charge in [0.05, 0.1) is 36.2 Å². The number of nitrogens with zero attached hydrogens (tertiary/aromatic N) is 8. The molecule has 0 spiro atoms. The van der Waals surface area contributed by atoms with E-state index in [2.05, 4.69) is 71.9 Å². The Morgan fingerprint density at radius 2 is 1.73 bits per heavy atom. The van der Waals surface area contributed by atoms with Gasteiger partial charge in [-0.15, -0.1) is 23.1 Å². The summed E-state index contributed by atoms with van der Waals surface area (Å²) >= 11 is 3.13. The smallest absolute Gasteiger partial charge is 0.197 e. The lowest BCUT2D eigenvalue weighted by Gasteiger charge is -2.22. The number of ether oxygens (including phenoxy) is 1. The van der Waals surface area contributed by atoms with E-state index in [4.69, 9.17) is 14.7 Å². The Morgan fingerprint density at radius 3 is 2.45 bits per heavy atom. The summed E-state index contributed by atoms with van der Waals surface area (Å²) in [4.78, 5) is 31.3. The molecule has 0 saturated heterocycles. The molecule has 5 heterocycles. The number of guanidine groups is 2. The Kier molecular flexibility index (Phi) is 16.3. The highest BCUT2D eigenvalue weighted by molar-refractivity contribution is 8.02. The molecule has 314 valence electrons. The van der Waals surface area contributed by atoms with Gasteiger partial charge in [0.1, 0.15) is 23.1 Å². The number of aromatic nitrogens is 3. The van der Waals surface area contributed by atoms with Crippen LogP contribution in [0, 0.1) is 5.92 Å². The van der Waals surface area contributed by atoms with Crippen molar-refractivity contribution in [2.45, 2.75) is 26.0 Å². The summed E-state index contributed by atoms with van der Waals surface area (Å²) in [7, 11) is 5.63. The monoisotopic (exact) mass is 846 g/mol. The average Bonchev–Trinajstić information content (AvgIpc) is 3.76. The maximum Gasteiger partial charge on any atom is 0.197 e. The van der Waals surface area contributed by atoms with Crippen molar-refractivity contribution in [1.29, 1.82) is 0 Å². The predicted molar refractivity (Wildman–Crippen MR) is 250 cm³/mol. The first kappa shape index (κ1) is 43.6. The summed E-state index contributed by atoms with van der Waals surface area (Å²) < 4.78 is 5.23. The van der Waals surface area contributed by atoms with E-state index in [1.54, 1.807) is 30.2 Å². The standard InChI is InChI=1S/C23H30N6OS.C21H24N6OS/c1-17-12-25-23(26-13-17)27-16-31-15-20(24-2)19-10-7-11-22(28-19)29(3)14-21(30)18-8-5-4-6-9-18;1-27(13-15-7-9-16(28-2)10-8-15)19-6-3-5-17(24-19)18-14-29-21(25-18)26-20-22-11-4-12-23-20/h4-11,15,17,21,30H,2,12-14,16H2,1,3H3,(H2,25,26,27);3,5-10,14H,4,11-13H2,1-2H3,(H2,22,23,25,26)/b20-15-;. The number of thiazole rings is 1. The molecule has 0 saturated carbocycles. The number of aliphatic hydroxyl groups is 1. The number of aliphatic imine (C=N–C) groups is 3. The number of benzene rings is 2. The van der Waals surface area contributed by atoms with Crippen LogP contribution in [0.5, 0.6) is 5.75 Å². The lowest BCUT2D eigenvalue weighted by molar-refractivity contribution is 0.185. The van der Waals surface area contributed by atoms with Crippen molar-refractivity contribution in [1.82, 2.24) is 30.9 Å². The Morgan fingerprint density at radius 1 is 0.950 bits per heavy atom. The minimum atomic E-state index is -0.592. The number of hydrogen-bond acceptors (Lipinski definition) is 16. The van der Waals surface area contributed by atoms with Crippen LogP contribution in [0.4, 0.5) is 16.8 Å². The number of likely N-dealkylation sites (N-methyl/N-ethyl adjacent to an activating group) is 1. The summed E-state index contributed by atoms with van der Waals surface area (Å²) in [6, 6.07) is 29.5. The Hall–Kier alpha value is -5.97. The first-order valence-electron chi connectivity index (χ1n) is 19.8. The fraction of sp³-hybridized carbons (Fsp3) is 0.318. The second-order valence-corrected chi connectivity index (χ2v) is 16.0. The van der Waals surface area contributed by atoms with E-state index in [1.165, 1.54) is 5.56 Å². The van der Waals surface area contributed by atoms with E-state index in [0.717, 1.165) is 96.2 Å². The van der Waals surface area contributed by atoms with E-state index in [1.807, 2.05) is 109 Å². The van der Waals surface area contributed by atoms with Gasteiger partial charge in [0, 0.05) is 64.2 Å². The summed E-state index contributed by atoms with van der Waals surface area (Å²) in [5, 5.41) is 28.3. The van der Waals surface area contributed by atoms with Gasteiger partial charge in [-0.3, -0.25) is 15.0 Å². The molecule has 60 heavy (non-hydrogen) atoms. The van der Waals surface area contributed by atoms with Crippen LogP contribution in [0.1, 0.15) is 36.3 Å². The zero-order chi connectivity index (χ0) is 42.1. The Balaban J connectivity index is 0.000000202. The second-order valence-electron chi connectivity index (χ2n) is 14.3. The average molecular weight is 847 g/mol. The van der Waals surface area contributed by atoms with Gasteiger partial charge < -0.3 is 40.9 Å². The largest absolute Gasteiger partial charge is 0.497 e. The molecule has 14 nitrogen and oxygen atoms in total. The van der Waals surface area contributed by atoms with Crippen LogP contribution in [-0.2, 0) is 6.54 Å². The quantitative estimate of drug-likeness (QED) is 0.0430. The maximum absolute atomic E-state index is 10.5. The van der Waals surface area contributed by atoms with Crippen LogP contribution in [0.3, 0.4) is 0 Å². The molecule has 7 rings (SSSR count). The van der Waals surface area contributed by atoms with Gasteiger partial charge in [0.2, 0.25) is 0 Å². The van der Waals surface area contributed by atoms with Crippen molar-refractivity contribution < 1.29 is 9.84 Å². The lowest BCUT2D eigenvalue weighted by Crippen LogP contribution is -2.43. The van der Waals surface area contributed by atoms with Crippen molar-refractivity contribution >= 4 is 64.2 Å². The number of anilines is 3. The fourth-order valence-electron chi connectivity index (χ4n) is 6.11. The van der Waals surface area contributed by atoms with Crippen molar-refractivity contribution in [3.05, 3.63) is 119 Å². The molecule has 0 bridgehead atoms. The first-order chi connectivity index (χ1) is 29.3. The molecular formula is C44H54N12O2S2. The molecule has 0 fully saturated rings. The van der Waals surface area contributed by atoms with Crippen LogP contribution < -0.4 is 35.8 Å². The fourth-order valence-corrected chi connectivity index (χ4v) is 7.47. The van der Waals surface area contributed by atoms with Gasteiger partial charge in [-0.05, 0) is 66.6 Å². The summed E-state index contributed by atoms with van der Waals surface area (Å²) in [6.45, 7) is 10.6. The van der Waals surface area contributed by atoms with Gasteiger partial charge in [0.25, 0.3) is 0 Å². The third kappa shape index (κ3) is 13.0. The number of methoxy groups -OCH3 is 1. The molecule has 2 unspecified atom stereocenters. The van der Waals surface area contributed by atoms with Crippen molar-refractivity contribution in [2.75, 3.05) is 74.9 Å². The predicted octanol–water partition coefficient (Wildman–Crippen LogP) is 6.74. The molecule has 2 aromatic carbocycles. The zero-order valence-electron chi connectivity index (χ0n) is 34.6. The molecule has 2 aliphatic rings. The number of hydrogen-bond donors (Lipinski definition) is 5. The van der Waals surface area contributed by atoms with Gasteiger partial charge in [-0.1, -0.05) is 61.5 Å². The molecule has 5 N–H and O–H groups in total. The summed E-state index contributed by atoms with van der Waals surface area (Å²) in [5.41, 5.74) is 5.23. The first-order valence-corrected chi connectivity index (χ1v) is 21.8. The minimum absolute atomic E-state index is 0.438. The van der Waals surface area contributed by atoms with Crippen LogP contribution in [-0.4, -0.2) is 98.5 Å². The topological polar surface area (TPSA) is 160 Å². The van der Waals surface area contributed by atoms with E-state index >= 15 is 0 Å². The number of thioether (sulfide) groups is 1. The Labute approximate surface area is 361 Å². The number of pyridine rings is 2. The SMILES string of the molecule is C=N/C(=C\SCNC1=NCC(C)CN1)c1cccc(N(C)CC(O)c2ccccc2)n1.COc1ccc(CN(C)c2cccc(-c3csc(NC4=NCCCN4)n3)n2)cc1. The van der Waals surface area contributed by atoms with Gasteiger partial charge >= 0.3 is 0 Å². The Bertz CT molecular complexity index is 2210. The molecule has 2 aliphatic heterocycles. The number of rotatable bonds is 15. The van der Waals surface area contributed by atoms with Gasteiger partial charge in [0.15, 0.2) is 17.1 Å². The molecular weight excluding hydrogens is 793 g/mol. The second kappa shape index (κ2) is 22.4. The van der Waals surface area contributed by atoms with Crippen LogP contribution in [0.25, 0.3) is 17.1 Å². The van der Waals surface area contributed by atoms with Crippen LogP contribution >= 0.6 is 23.1 Å².